The smallest absolute Gasteiger partial charge is 0.223 e. The predicted octanol–water partition coefficient (Wildman–Crippen LogP) is 2.89. The summed E-state index contributed by atoms with van der Waals surface area (Å²) >= 11 is 6.23. The number of benzene rings is 1. The second kappa shape index (κ2) is 7.66. The highest BCUT2D eigenvalue weighted by atomic mass is 35.5. The van der Waals surface area contributed by atoms with Crippen molar-refractivity contribution in [2.45, 2.75) is 51.7 Å². The van der Waals surface area contributed by atoms with Crippen LogP contribution < -0.4 is 15.4 Å². The van der Waals surface area contributed by atoms with E-state index in [-0.39, 0.29) is 5.91 Å². The zero-order valence-corrected chi connectivity index (χ0v) is 13.4. The highest BCUT2D eigenvalue weighted by Gasteiger charge is 2.22. The Balaban J connectivity index is 1.85. The molecule has 1 saturated carbocycles. The molecule has 1 aromatic carbocycles. The zero-order chi connectivity index (χ0) is 15.2. The van der Waals surface area contributed by atoms with Gasteiger partial charge in [-0.3, -0.25) is 4.79 Å². The molecule has 1 fully saturated rings. The van der Waals surface area contributed by atoms with E-state index in [0.717, 1.165) is 24.2 Å². The van der Waals surface area contributed by atoms with Crippen LogP contribution in [-0.2, 0) is 11.3 Å². The van der Waals surface area contributed by atoms with Crippen LogP contribution in [0.15, 0.2) is 18.2 Å². The quantitative estimate of drug-likeness (QED) is 0.776. The van der Waals surface area contributed by atoms with Crippen LogP contribution in [0.3, 0.4) is 0 Å². The van der Waals surface area contributed by atoms with Crippen LogP contribution in [-0.4, -0.2) is 24.6 Å². The molecule has 21 heavy (non-hydrogen) atoms. The number of nitrogens with one attached hydrogen (secondary N) is 2. The molecule has 0 bridgehead atoms. The number of hydrogen-bond acceptors (Lipinski definition) is 3. The summed E-state index contributed by atoms with van der Waals surface area (Å²) in [6, 6.07) is 6.38. The molecule has 0 unspecified atom stereocenters. The molecule has 5 heteroatoms. The Bertz CT molecular complexity index is 487. The SMILES string of the molecule is CC(C)NCc1c(Cl)cccc1OCCC(=O)NC1CC1. The Morgan fingerprint density at radius 2 is 2.19 bits per heavy atom. The summed E-state index contributed by atoms with van der Waals surface area (Å²) in [5.74, 6) is 0.802. The standard InChI is InChI=1S/C16H23ClN2O2/c1-11(2)18-10-13-14(17)4-3-5-15(13)21-9-8-16(20)19-12-6-7-12/h3-5,11-12,18H,6-10H2,1-2H3,(H,19,20). The van der Waals surface area contributed by atoms with Gasteiger partial charge in [-0.15, -0.1) is 0 Å². The summed E-state index contributed by atoms with van der Waals surface area (Å²) in [6.07, 6.45) is 2.58. The number of amides is 1. The number of rotatable bonds is 8. The lowest BCUT2D eigenvalue weighted by Gasteiger charge is -2.15. The van der Waals surface area contributed by atoms with E-state index >= 15 is 0 Å². The van der Waals surface area contributed by atoms with Gasteiger partial charge in [0, 0.05) is 29.2 Å². The largest absolute Gasteiger partial charge is 0.493 e. The Hall–Kier alpha value is -1.26. The summed E-state index contributed by atoms with van der Waals surface area (Å²) in [5.41, 5.74) is 0.940. The van der Waals surface area contributed by atoms with Gasteiger partial charge in [0.25, 0.3) is 0 Å². The molecule has 116 valence electrons. The summed E-state index contributed by atoms with van der Waals surface area (Å²) in [6.45, 7) is 5.19. The van der Waals surface area contributed by atoms with Gasteiger partial charge < -0.3 is 15.4 Å². The lowest BCUT2D eigenvalue weighted by atomic mass is 10.2. The molecular weight excluding hydrogens is 288 g/mol. The van der Waals surface area contributed by atoms with Gasteiger partial charge in [0.05, 0.1) is 13.0 Å². The van der Waals surface area contributed by atoms with Crippen LogP contribution in [0.4, 0.5) is 0 Å². The van der Waals surface area contributed by atoms with Gasteiger partial charge in [-0.2, -0.15) is 0 Å². The van der Waals surface area contributed by atoms with E-state index in [4.69, 9.17) is 16.3 Å². The topological polar surface area (TPSA) is 50.4 Å². The highest BCUT2D eigenvalue weighted by Crippen LogP contribution is 2.26. The number of carbonyl (C=O) groups excluding carboxylic acids is 1. The molecule has 1 aromatic rings. The summed E-state index contributed by atoms with van der Waals surface area (Å²) in [7, 11) is 0. The minimum absolute atomic E-state index is 0.0568. The lowest BCUT2D eigenvalue weighted by molar-refractivity contribution is -0.121. The molecular formula is C16H23ClN2O2. The molecule has 0 heterocycles. The van der Waals surface area contributed by atoms with Crippen molar-refractivity contribution in [2.24, 2.45) is 0 Å². The van der Waals surface area contributed by atoms with Crippen LogP contribution in [0.5, 0.6) is 5.75 Å². The third-order valence-electron chi connectivity index (χ3n) is 3.29. The summed E-state index contributed by atoms with van der Waals surface area (Å²) < 4.78 is 5.74. The number of halogens is 1. The third kappa shape index (κ3) is 5.56. The first-order valence-electron chi connectivity index (χ1n) is 7.49. The lowest BCUT2D eigenvalue weighted by Crippen LogP contribution is -2.27. The van der Waals surface area contributed by atoms with Crippen molar-refractivity contribution in [1.82, 2.24) is 10.6 Å². The molecule has 0 saturated heterocycles. The van der Waals surface area contributed by atoms with Gasteiger partial charge in [-0.1, -0.05) is 31.5 Å². The highest BCUT2D eigenvalue weighted by molar-refractivity contribution is 6.31. The van der Waals surface area contributed by atoms with Gasteiger partial charge in [-0.25, -0.2) is 0 Å². The van der Waals surface area contributed by atoms with Crippen LogP contribution in [0, 0.1) is 0 Å². The fraction of sp³-hybridized carbons (Fsp3) is 0.562. The van der Waals surface area contributed by atoms with Crippen molar-refractivity contribution in [3.63, 3.8) is 0 Å². The van der Waals surface area contributed by atoms with Gasteiger partial charge in [0.15, 0.2) is 0 Å². The van der Waals surface area contributed by atoms with Crippen molar-refractivity contribution in [2.75, 3.05) is 6.61 Å². The molecule has 0 aromatic heterocycles. The number of hydrogen-bond donors (Lipinski definition) is 2. The fourth-order valence-corrected chi connectivity index (χ4v) is 2.17. The van der Waals surface area contributed by atoms with Crippen LogP contribution in [0.25, 0.3) is 0 Å². The minimum Gasteiger partial charge on any atom is -0.493 e. The number of ether oxygens (including phenoxy) is 1. The van der Waals surface area contributed by atoms with Crippen molar-refractivity contribution in [3.05, 3.63) is 28.8 Å². The molecule has 0 radical (unpaired) electrons. The minimum atomic E-state index is 0.0568. The van der Waals surface area contributed by atoms with Gasteiger partial charge in [-0.05, 0) is 25.0 Å². The molecule has 0 atom stereocenters. The Kier molecular flexibility index (Phi) is 5.88. The molecule has 2 rings (SSSR count). The first-order chi connectivity index (χ1) is 10.1. The molecule has 4 nitrogen and oxygen atoms in total. The molecule has 1 amide bonds. The zero-order valence-electron chi connectivity index (χ0n) is 12.6. The Morgan fingerprint density at radius 3 is 2.86 bits per heavy atom. The van der Waals surface area contributed by atoms with Gasteiger partial charge in [0.1, 0.15) is 5.75 Å². The summed E-state index contributed by atoms with van der Waals surface area (Å²) in [5, 5.41) is 6.97. The van der Waals surface area contributed by atoms with E-state index < -0.39 is 0 Å². The van der Waals surface area contributed by atoms with Crippen LogP contribution in [0.2, 0.25) is 5.02 Å². The first-order valence-corrected chi connectivity index (χ1v) is 7.87. The monoisotopic (exact) mass is 310 g/mol. The van der Waals surface area contributed by atoms with E-state index in [2.05, 4.69) is 24.5 Å². The third-order valence-corrected chi connectivity index (χ3v) is 3.65. The molecule has 1 aliphatic carbocycles. The molecule has 0 aliphatic heterocycles. The second-order valence-corrected chi connectivity index (χ2v) is 6.10. The van der Waals surface area contributed by atoms with Crippen molar-refractivity contribution >= 4 is 17.5 Å². The fourth-order valence-electron chi connectivity index (χ4n) is 1.93. The van der Waals surface area contributed by atoms with E-state index in [1.165, 1.54) is 0 Å². The molecule has 0 spiro atoms. The predicted molar refractivity (Wildman–Crippen MR) is 84.7 cm³/mol. The maximum Gasteiger partial charge on any atom is 0.223 e. The molecule has 2 N–H and O–H groups in total. The van der Waals surface area contributed by atoms with E-state index in [9.17, 15) is 4.79 Å². The van der Waals surface area contributed by atoms with Crippen molar-refractivity contribution in [1.29, 1.82) is 0 Å². The Labute approximate surface area is 131 Å². The maximum atomic E-state index is 11.6. The second-order valence-electron chi connectivity index (χ2n) is 5.69. The van der Waals surface area contributed by atoms with Crippen molar-refractivity contribution < 1.29 is 9.53 Å². The van der Waals surface area contributed by atoms with Crippen LogP contribution >= 0.6 is 11.6 Å². The van der Waals surface area contributed by atoms with Crippen LogP contribution in [0.1, 0.15) is 38.7 Å². The summed E-state index contributed by atoms with van der Waals surface area (Å²) in [4.78, 5) is 11.6. The van der Waals surface area contributed by atoms with Gasteiger partial charge in [0.2, 0.25) is 5.91 Å². The maximum absolute atomic E-state index is 11.6. The van der Waals surface area contributed by atoms with Crippen molar-refractivity contribution in [3.8, 4) is 5.75 Å². The first kappa shape index (κ1) is 16.1. The van der Waals surface area contributed by atoms with E-state index in [1.807, 2.05) is 18.2 Å². The van der Waals surface area contributed by atoms with E-state index in [0.29, 0.717) is 36.7 Å². The normalized spacial score (nSPS) is 14.3. The average molecular weight is 311 g/mol. The van der Waals surface area contributed by atoms with E-state index in [1.54, 1.807) is 0 Å². The Morgan fingerprint density at radius 1 is 1.43 bits per heavy atom. The molecule has 1 aliphatic rings. The number of carbonyl (C=O) groups is 1. The average Bonchev–Trinajstić information content (AvgIpc) is 3.21. The van der Waals surface area contributed by atoms with Gasteiger partial charge >= 0.3 is 0 Å².